The minimum atomic E-state index is -0.837. The van der Waals surface area contributed by atoms with Gasteiger partial charge in [-0.05, 0) is 43.2 Å². The Morgan fingerprint density at radius 3 is 2.67 bits per heavy atom. The zero-order chi connectivity index (χ0) is 13.6. The lowest BCUT2D eigenvalue weighted by Crippen LogP contribution is -2.37. The summed E-state index contributed by atoms with van der Waals surface area (Å²) in [5, 5.41) is 8.90. The van der Waals surface area contributed by atoms with Crippen LogP contribution in [0.15, 0.2) is 23.1 Å². The van der Waals surface area contributed by atoms with Crippen LogP contribution in [0.25, 0.3) is 0 Å². The fourth-order valence-corrected chi connectivity index (χ4v) is 2.33. The Morgan fingerprint density at radius 2 is 2.11 bits per heavy atom. The average molecular weight is 270 g/mol. The second kappa shape index (κ2) is 6.72. The summed E-state index contributed by atoms with van der Waals surface area (Å²) in [6, 6.07) is 5.94. The van der Waals surface area contributed by atoms with Gasteiger partial charge >= 0.3 is 0 Å². The van der Waals surface area contributed by atoms with E-state index in [4.69, 9.17) is 11.0 Å². The quantitative estimate of drug-likeness (QED) is 0.636. The van der Waals surface area contributed by atoms with Gasteiger partial charge in [-0.15, -0.1) is 11.8 Å². The molecule has 0 aliphatic carbocycles. The molecule has 0 aromatic heterocycles. The maximum absolute atomic E-state index is 12.9. The van der Waals surface area contributed by atoms with Crippen LogP contribution < -0.4 is 5.73 Å². The minimum absolute atomic E-state index is 0.608. The first-order valence-corrected chi connectivity index (χ1v) is 6.77. The van der Waals surface area contributed by atoms with E-state index in [1.165, 1.54) is 17.8 Å². The van der Waals surface area contributed by atoms with Crippen molar-refractivity contribution in [1.29, 1.82) is 5.26 Å². The van der Waals surface area contributed by atoms with Crippen LogP contribution in [0.3, 0.4) is 0 Å². The van der Waals surface area contributed by atoms with Crippen molar-refractivity contribution >= 4 is 11.8 Å². The van der Waals surface area contributed by atoms with Crippen molar-refractivity contribution in [2.75, 3.05) is 5.75 Å². The zero-order valence-electron chi connectivity index (χ0n) is 10.2. The predicted molar refractivity (Wildman–Crippen MR) is 69.1 cm³/mol. The van der Waals surface area contributed by atoms with E-state index in [1.807, 2.05) is 6.92 Å². The smallest absolute Gasteiger partial charge is 0.159 e. The molecule has 18 heavy (non-hydrogen) atoms. The molecule has 0 radical (unpaired) electrons. The van der Waals surface area contributed by atoms with Crippen molar-refractivity contribution < 1.29 is 8.78 Å². The molecule has 0 heterocycles. The molecule has 0 saturated carbocycles. The first-order valence-electron chi connectivity index (χ1n) is 5.79. The van der Waals surface area contributed by atoms with Gasteiger partial charge in [-0.3, -0.25) is 0 Å². The SMILES string of the molecule is CCC(N)(C#N)CCCSc1ccc(F)c(F)c1. The second-order valence-corrected chi connectivity index (χ2v) is 5.32. The minimum Gasteiger partial charge on any atom is -0.313 e. The average Bonchev–Trinajstić information content (AvgIpc) is 2.38. The highest BCUT2D eigenvalue weighted by atomic mass is 32.2. The number of benzene rings is 1. The van der Waals surface area contributed by atoms with Crippen molar-refractivity contribution in [2.45, 2.75) is 36.6 Å². The van der Waals surface area contributed by atoms with Gasteiger partial charge in [0.1, 0.15) is 5.54 Å². The van der Waals surface area contributed by atoms with Gasteiger partial charge in [-0.1, -0.05) is 6.92 Å². The van der Waals surface area contributed by atoms with Crippen LogP contribution in [-0.4, -0.2) is 11.3 Å². The van der Waals surface area contributed by atoms with E-state index in [2.05, 4.69) is 6.07 Å². The van der Waals surface area contributed by atoms with Crippen LogP contribution in [0, 0.1) is 23.0 Å². The second-order valence-electron chi connectivity index (χ2n) is 4.15. The fourth-order valence-electron chi connectivity index (χ4n) is 1.46. The highest BCUT2D eigenvalue weighted by molar-refractivity contribution is 7.99. The van der Waals surface area contributed by atoms with Crippen molar-refractivity contribution in [2.24, 2.45) is 5.73 Å². The van der Waals surface area contributed by atoms with Gasteiger partial charge in [0.05, 0.1) is 6.07 Å². The number of thioether (sulfide) groups is 1. The van der Waals surface area contributed by atoms with Crippen molar-refractivity contribution in [3.05, 3.63) is 29.8 Å². The van der Waals surface area contributed by atoms with Gasteiger partial charge < -0.3 is 5.73 Å². The van der Waals surface area contributed by atoms with Crippen molar-refractivity contribution in [1.82, 2.24) is 0 Å². The predicted octanol–water partition coefficient (Wildman–Crippen LogP) is 3.47. The number of nitrogens with two attached hydrogens (primary N) is 1. The third kappa shape index (κ3) is 4.28. The summed E-state index contributed by atoms with van der Waals surface area (Å²) < 4.78 is 25.6. The summed E-state index contributed by atoms with van der Waals surface area (Å²) >= 11 is 1.43. The lowest BCUT2D eigenvalue weighted by atomic mass is 9.94. The molecule has 5 heteroatoms. The van der Waals surface area contributed by atoms with Gasteiger partial charge in [0, 0.05) is 4.90 Å². The molecule has 0 aliphatic rings. The van der Waals surface area contributed by atoms with E-state index in [0.29, 0.717) is 17.7 Å². The largest absolute Gasteiger partial charge is 0.313 e. The van der Waals surface area contributed by atoms with E-state index in [9.17, 15) is 8.78 Å². The molecule has 1 atom stereocenters. The summed E-state index contributed by atoms with van der Waals surface area (Å²) in [6.07, 6.45) is 1.98. The molecule has 98 valence electrons. The number of rotatable bonds is 6. The Kier molecular flexibility index (Phi) is 5.57. The van der Waals surface area contributed by atoms with E-state index in [-0.39, 0.29) is 0 Å². The zero-order valence-corrected chi connectivity index (χ0v) is 11.1. The first-order chi connectivity index (χ1) is 8.50. The molecule has 1 aromatic carbocycles. The van der Waals surface area contributed by atoms with Gasteiger partial charge in [0.2, 0.25) is 0 Å². The summed E-state index contributed by atoms with van der Waals surface area (Å²) in [6.45, 7) is 1.88. The van der Waals surface area contributed by atoms with Gasteiger partial charge in [0.15, 0.2) is 11.6 Å². The molecule has 1 rings (SSSR count). The van der Waals surface area contributed by atoms with E-state index < -0.39 is 17.2 Å². The molecule has 0 aliphatic heterocycles. The fraction of sp³-hybridized carbons (Fsp3) is 0.462. The molecule has 1 aromatic rings. The third-order valence-corrected chi connectivity index (χ3v) is 3.86. The number of nitrogens with zero attached hydrogens (tertiary/aromatic N) is 1. The standard InChI is InChI=1S/C13H16F2N2S/c1-2-13(17,9-16)6-3-7-18-10-4-5-11(14)12(15)8-10/h4-5,8H,2-3,6-7,17H2,1H3. The molecule has 0 amide bonds. The Labute approximate surface area is 110 Å². The molecular weight excluding hydrogens is 254 g/mol. The number of hydrogen-bond donors (Lipinski definition) is 1. The molecule has 2 N–H and O–H groups in total. The van der Waals surface area contributed by atoms with Gasteiger partial charge in [-0.25, -0.2) is 8.78 Å². The molecule has 0 saturated heterocycles. The third-order valence-electron chi connectivity index (χ3n) is 2.78. The topological polar surface area (TPSA) is 49.8 Å². The summed E-state index contributed by atoms with van der Waals surface area (Å²) in [4.78, 5) is 0.685. The monoisotopic (exact) mass is 270 g/mol. The molecular formula is C13H16F2N2S. The Balaban J connectivity index is 2.39. The van der Waals surface area contributed by atoms with Crippen LogP contribution in [-0.2, 0) is 0 Å². The van der Waals surface area contributed by atoms with Crippen LogP contribution in [0.1, 0.15) is 26.2 Å². The lowest BCUT2D eigenvalue weighted by molar-refractivity contribution is 0.478. The van der Waals surface area contributed by atoms with Crippen LogP contribution in [0.4, 0.5) is 8.78 Å². The highest BCUT2D eigenvalue weighted by Gasteiger charge is 2.20. The highest BCUT2D eigenvalue weighted by Crippen LogP contribution is 2.23. The Hall–Kier alpha value is -1.12. The molecule has 0 fully saturated rings. The summed E-state index contributed by atoms with van der Waals surface area (Å²) in [5.41, 5.74) is 5.07. The Bertz CT molecular complexity index is 445. The summed E-state index contributed by atoms with van der Waals surface area (Å²) in [5.74, 6) is -0.944. The first kappa shape index (κ1) is 14.9. The van der Waals surface area contributed by atoms with Crippen LogP contribution in [0.2, 0.25) is 0 Å². The lowest BCUT2D eigenvalue weighted by Gasteiger charge is -2.18. The molecule has 0 spiro atoms. The molecule has 2 nitrogen and oxygen atoms in total. The maximum atomic E-state index is 12.9. The van der Waals surface area contributed by atoms with E-state index >= 15 is 0 Å². The van der Waals surface area contributed by atoms with Crippen molar-refractivity contribution in [3.63, 3.8) is 0 Å². The number of nitriles is 1. The van der Waals surface area contributed by atoms with Crippen molar-refractivity contribution in [3.8, 4) is 6.07 Å². The van der Waals surface area contributed by atoms with Gasteiger partial charge in [0.25, 0.3) is 0 Å². The number of hydrogen-bond acceptors (Lipinski definition) is 3. The maximum Gasteiger partial charge on any atom is 0.159 e. The molecule has 0 bridgehead atoms. The molecule has 1 unspecified atom stereocenters. The van der Waals surface area contributed by atoms with Crippen LogP contribution >= 0.6 is 11.8 Å². The van der Waals surface area contributed by atoms with Crippen LogP contribution in [0.5, 0.6) is 0 Å². The van der Waals surface area contributed by atoms with E-state index in [1.54, 1.807) is 6.07 Å². The normalized spacial score (nSPS) is 13.9. The number of halogens is 2. The van der Waals surface area contributed by atoms with E-state index in [0.717, 1.165) is 18.2 Å². The van der Waals surface area contributed by atoms with Gasteiger partial charge in [-0.2, -0.15) is 5.26 Å². The Morgan fingerprint density at radius 1 is 1.39 bits per heavy atom. The summed E-state index contributed by atoms with van der Waals surface area (Å²) in [7, 11) is 0.